The molecule has 0 bridgehead atoms. The maximum atomic E-state index is 12.2. The lowest BCUT2D eigenvalue weighted by Gasteiger charge is -2.31. The van der Waals surface area contributed by atoms with E-state index in [0.29, 0.717) is 32.5 Å². The number of esters is 1. The van der Waals surface area contributed by atoms with Gasteiger partial charge >= 0.3 is 12.1 Å². The van der Waals surface area contributed by atoms with Gasteiger partial charge in [0.2, 0.25) is 10.0 Å². The Kier molecular flexibility index (Phi) is 7.62. The van der Waals surface area contributed by atoms with Gasteiger partial charge < -0.3 is 24.3 Å². The molecular formula is C17H26N4O7S. The van der Waals surface area contributed by atoms with E-state index in [-0.39, 0.29) is 22.7 Å². The first-order valence-electron chi connectivity index (χ1n) is 9.16. The largest absolute Gasteiger partial charge is 0.451 e. The second-order valence-corrected chi connectivity index (χ2v) is 8.37. The number of amides is 2. The summed E-state index contributed by atoms with van der Waals surface area (Å²) in [4.78, 5) is 37.4. The van der Waals surface area contributed by atoms with Crippen LogP contribution in [-0.2, 0) is 31.3 Å². The van der Waals surface area contributed by atoms with Crippen molar-refractivity contribution in [2.75, 3.05) is 33.4 Å². The molecule has 12 heteroatoms. The van der Waals surface area contributed by atoms with Crippen molar-refractivity contribution in [1.82, 2.24) is 19.5 Å². The number of hydrogen-bond donors (Lipinski definition) is 2. The lowest BCUT2D eigenvalue weighted by atomic mass is 10.1. The predicted octanol–water partition coefficient (Wildman–Crippen LogP) is -0.173. The van der Waals surface area contributed by atoms with Gasteiger partial charge in [-0.25, -0.2) is 22.7 Å². The molecule has 29 heavy (non-hydrogen) atoms. The summed E-state index contributed by atoms with van der Waals surface area (Å²) in [6.07, 6.45) is 2.05. The lowest BCUT2D eigenvalue weighted by Crippen LogP contribution is -2.47. The summed E-state index contributed by atoms with van der Waals surface area (Å²) in [7, 11) is -0.925. The standard InChI is InChI=1S/C17H26N4O7S/c1-4-27-17(24)21-7-5-12(6-8-21)19-15(22)11-28-16(23)14-9-13(10-20(14)3)29(25,26)18-2/h9-10,12,18H,4-8,11H2,1-3H3,(H,19,22). The van der Waals surface area contributed by atoms with Gasteiger partial charge in [-0.05, 0) is 32.9 Å². The fraction of sp³-hybridized carbons (Fsp3) is 0.588. The van der Waals surface area contributed by atoms with E-state index in [2.05, 4.69) is 10.0 Å². The molecule has 2 amide bonds. The number of rotatable bonds is 7. The molecule has 0 spiro atoms. The van der Waals surface area contributed by atoms with E-state index in [1.54, 1.807) is 11.8 Å². The minimum atomic E-state index is -3.69. The fourth-order valence-electron chi connectivity index (χ4n) is 2.90. The number of sulfonamides is 1. The van der Waals surface area contributed by atoms with E-state index in [4.69, 9.17) is 9.47 Å². The molecule has 1 aromatic rings. The molecule has 0 aliphatic carbocycles. The van der Waals surface area contributed by atoms with Crippen LogP contribution < -0.4 is 10.0 Å². The Hall–Kier alpha value is -2.60. The highest BCUT2D eigenvalue weighted by Gasteiger charge is 2.25. The lowest BCUT2D eigenvalue weighted by molar-refractivity contribution is -0.125. The van der Waals surface area contributed by atoms with Crippen LogP contribution >= 0.6 is 0 Å². The minimum Gasteiger partial charge on any atom is -0.451 e. The zero-order chi connectivity index (χ0) is 21.6. The van der Waals surface area contributed by atoms with Crippen molar-refractivity contribution in [3.8, 4) is 0 Å². The molecule has 1 aliphatic heterocycles. The second-order valence-electron chi connectivity index (χ2n) is 6.48. The second kappa shape index (κ2) is 9.74. The minimum absolute atomic E-state index is 0.00868. The van der Waals surface area contributed by atoms with Gasteiger partial charge in [-0.2, -0.15) is 0 Å². The maximum absolute atomic E-state index is 12.2. The maximum Gasteiger partial charge on any atom is 0.409 e. The molecule has 2 rings (SSSR count). The van der Waals surface area contributed by atoms with E-state index in [0.717, 1.165) is 0 Å². The number of carbonyl (C=O) groups is 3. The van der Waals surface area contributed by atoms with E-state index >= 15 is 0 Å². The third kappa shape index (κ3) is 5.94. The average molecular weight is 430 g/mol. The van der Waals surface area contributed by atoms with Gasteiger partial charge in [-0.1, -0.05) is 0 Å². The van der Waals surface area contributed by atoms with Crippen LogP contribution in [0.5, 0.6) is 0 Å². The quantitative estimate of drug-likeness (QED) is 0.573. The summed E-state index contributed by atoms with van der Waals surface area (Å²) < 4.78 is 37.0. The first kappa shape index (κ1) is 22.7. The summed E-state index contributed by atoms with van der Waals surface area (Å²) in [6.45, 7) is 2.49. The highest BCUT2D eigenvalue weighted by atomic mass is 32.2. The number of hydrogen-bond acceptors (Lipinski definition) is 7. The normalized spacial score (nSPS) is 15.1. The molecule has 2 heterocycles. The summed E-state index contributed by atoms with van der Waals surface area (Å²) in [5.41, 5.74) is 0.00868. The Morgan fingerprint density at radius 1 is 1.21 bits per heavy atom. The Balaban J connectivity index is 1.81. The molecule has 162 valence electrons. The average Bonchev–Trinajstić information content (AvgIpc) is 3.09. The number of aromatic nitrogens is 1. The SMILES string of the molecule is CCOC(=O)N1CCC(NC(=O)COC(=O)c2cc(S(=O)(=O)NC)cn2C)CC1. The van der Waals surface area contributed by atoms with Crippen molar-refractivity contribution >= 4 is 28.0 Å². The molecule has 2 N–H and O–H groups in total. The van der Waals surface area contributed by atoms with Gasteiger partial charge in [0, 0.05) is 32.4 Å². The Bertz CT molecular complexity index is 857. The van der Waals surface area contributed by atoms with Crippen molar-refractivity contribution in [1.29, 1.82) is 0 Å². The molecule has 0 atom stereocenters. The number of ether oxygens (including phenoxy) is 2. The highest BCUT2D eigenvalue weighted by molar-refractivity contribution is 7.89. The highest BCUT2D eigenvalue weighted by Crippen LogP contribution is 2.14. The van der Waals surface area contributed by atoms with Gasteiger partial charge in [-0.15, -0.1) is 0 Å². The van der Waals surface area contributed by atoms with Gasteiger partial charge in [0.1, 0.15) is 10.6 Å². The first-order chi connectivity index (χ1) is 13.7. The fourth-order valence-corrected chi connectivity index (χ4v) is 3.70. The van der Waals surface area contributed by atoms with Crippen LogP contribution in [0.2, 0.25) is 0 Å². The summed E-state index contributed by atoms with van der Waals surface area (Å²) in [6, 6.07) is 1.05. The molecular weight excluding hydrogens is 404 g/mol. The number of aryl methyl sites for hydroxylation is 1. The van der Waals surface area contributed by atoms with Gasteiger partial charge in [0.15, 0.2) is 6.61 Å². The van der Waals surface area contributed by atoms with E-state index < -0.39 is 28.5 Å². The number of piperidine rings is 1. The zero-order valence-electron chi connectivity index (χ0n) is 16.6. The van der Waals surface area contributed by atoms with E-state index in [1.807, 2.05) is 0 Å². The molecule has 1 aromatic heterocycles. The van der Waals surface area contributed by atoms with Gasteiger partial charge in [-0.3, -0.25) is 4.79 Å². The van der Waals surface area contributed by atoms with Crippen LogP contribution in [-0.4, -0.2) is 75.2 Å². The van der Waals surface area contributed by atoms with Crippen molar-refractivity contribution < 1.29 is 32.3 Å². The van der Waals surface area contributed by atoms with Crippen LogP contribution in [0, 0.1) is 0 Å². The molecule has 1 saturated heterocycles. The molecule has 0 radical (unpaired) electrons. The number of carbonyl (C=O) groups excluding carboxylic acids is 3. The predicted molar refractivity (Wildman–Crippen MR) is 102 cm³/mol. The zero-order valence-corrected chi connectivity index (χ0v) is 17.5. The first-order valence-corrected chi connectivity index (χ1v) is 10.6. The topological polar surface area (TPSA) is 136 Å². The molecule has 0 aromatic carbocycles. The Morgan fingerprint density at radius 3 is 2.45 bits per heavy atom. The third-order valence-electron chi connectivity index (χ3n) is 4.49. The van der Waals surface area contributed by atoms with Gasteiger partial charge in [0.25, 0.3) is 5.91 Å². The molecule has 1 aliphatic rings. The van der Waals surface area contributed by atoms with Crippen molar-refractivity contribution in [3.63, 3.8) is 0 Å². The number of nitrogens with one attached hydrogen (secondary N) is 2. The van der Waals surface area contributed by atoms with Crippen molar-refractivity contribution in [3.05, 3.63) is 18.0 Å². The van der Waals surface area contributed by atoms with Crippen LogP contribution in [0.25, 0.3) is 0 Å². The number of nitrogens with zero attached hydrogens (tertiary/aromatic N) is 2. The van der Waals surface area contributed by atoms with Crippen LogP contribution in [0.3, 0.4) is 0 Å². The smallest absolute Gasteiger partial charge is 0.409 e. The van der Waals surface area contributed by atoms with E-state index in [1.165, 1.54) is 30.9 Å². The van der Waals surface area contributed by atoms with Crippen molar-refractivity contribution in [2.45, 2.75) is 30.7 Å². The van der Waals surface area contributed by atoms with Crippen molar-refractivity contribution in [2.24, 2.45) is 7.05 Å². The molecule has 0 saturated carbocycles. The van der Waals surface area contributed by atoms with Crippen LogP contribution in [0.15, 0.2) is 17.2 Å². The molecule has 11 nitrogen and oxygen atoms in total. The summed E-state index contributed by atoms with van der Waals surface area (Å²) >= 11 is 0. The number of likely N-dealkylation sites (tertiary alicyclic amines) is 1. The van der Waals surface area contributed by atoms with E-state index in [9.17, 15) is 22.8 Å². The summed E-state index contributed by atoms with van der Waals surface area (Å²) in [5.74, 6) is -1.28. The van der Waals surface area contributed by atoms with Gasteiger partial charge in [0.05, 0.1) is 6.61 Å². The third-order valence-corrected chi connectivity index (χ3v) is 5.87. The summed E-state index contributed by atoms with van der Waals surface area (Å²) in [5, 5.41) is 2.76. The Morgan fingerprint density at radius 2 is 1.86 bits per heavy atom. The Labute approximate surface area is 169 Å². The molecule has 0 unspecified atom stereocenters. The van der Waals surface area contributed by atoms with Crippen LogP contribution in [0.4, 0.5) is 4.79 Å². The van der Waals surface area contributed by atoms with Crippen LogP contribution in [0.1, 0.15) is 30.3 Å². The monoisotopic (exact) mass is 430 g/mol. The molecule has 1 fully saturated rings.